The van der Waals surface area contributed by atoms with E-state index in [4.69, 9.17) is 55.3 Å². The lowest BCUT2D eigenvalue weighted by Gasteiger charge is -2.31. The number of hydrogen-bond acceptors (Lipinski definition) is 5. The zero-order chi connectivity index (χ0) is 17.9. The van der Waals surface area contributed by atoms with Crippen LogP contribution in [0.4, 0.5) is 0 Å². The highest BCUT2D eigenvalue weighted by molar-refractivity contribution is 7.84. The second-order valence-corrected chi connectivity index (χ2v) is 9.13. The van der Waals surface area contributed by atoms with E-state index in [0.717, 1.165) is 7.05 Å². The second-order valence-electron chi connectivity index (χ2n) is 4.62. The van der Waals surface area contributed by atoms with Crippen LogP contribution in [-0.4, -0.2) is 38.1 Å². The van der Waals surface area contributed by atoms with Crippen LogP contribution in [0.5, 0.6) is 5.75 Å². The van der Waals surface area contributed by atoms with Crippen LogP contribution in [0.3, 0.4) is 0 Å². The number of nitrogens with one attached hydrogen (secondary N) is 1. The summed E-state index contributed by atoms with van der Waals surface area (Å²) < 4.78 is 32.7. The summed E-state index contributed by atoms with van der Waals surface area (Å²) in [6.45, 7) is -0.687. The van der Waals surface area contributed by atoms with Gasteiger partial charge in [0.25, 0.3) is 0 Å². The van der Waals surface area contributed by atoms with E-state index in [1.54, 1.807) is 0 Å². The third-order valence-corrected chi connectivity index (χ3v) is 4.39. The van der Waals surface area contributed by atoms with Crippen molar-refractivity contribution in [3.8, 4) is 5.75 Å². The zero-order valence-electron chi connectivity index (χ0n) is 12.1. The summed E-state index contributed by atoms with van der Waals surface area (Å²) in [6.07, 6.45) is -0.437. The van der Waals surface area contributed by atoms with E-state index in [1.807, 2.05) is 4.72 Å². The fraction of sp³-hybridized carbons (Fsp3) is 0.500. The van der Waals surface area contributed by atoms with Gasteiger partial charge in [0, 0.05) is 18.5 Å². The van der Waals surface area contributed by atoms with Gasteiger partial charge < -0.3 is 9.84 Å². The van der Waals surface area contributed by atoms with Crippen molar-refractivity contribution in [2.75, 3.05) is 20.8 Å². The summed E-state index contributed by atoms with van der Waals surface area (Å²) >= 11 is 23.2. The van der Waals surface area contributed by atoms with E-state index >= 15 is 0 Å². The molecule has 132 valence electrons. The molecule has 11 heteroatoms. The van der Waals surface area contributed by atoms with E-state index in [1.165, 1.54) is 25.3 Å². The predicted octanol–water partition coefficient (Wildman–Crippen LogP) is 2.78. The normalized spacial score (nSPS) is 15.3. The average molecular weight is 427 g/mol. The van der Waals surface area contributed by atoms with E-state index < -0.39 is 32.7 Å². The number of methoxy groups -OCH3 is 1. The van der Waals surface area contributed by atoms with Crippen molar-refractivity contribution in [2.24, 2.45) is 0 Å². The van der Waals surface area contributed by atoms with Gasteiger partial charge in [0.05, 0.1) is 7.11 Å². The van der Waals surface area contributed by atoms with Gasteiger partial charge >= 0.3 is 10.3 Å². The maximum Gasteiger partial charge on any atom is 0.335 e. The third-order valence-electron chi connectivity index (χ3n) is 2.84. The lowest BCUT2D eigenvalue weighted by atomic mass is 9.91. The highest BCUT2D eigenvalue weighted by atomic mass is 35.6. The van der Waals surface area contributed by atoms with Gasteiger partial charge in [0.15, 0.2) is 3.79 Å². The molecule has 0 aliphatic rings. The fourth-order valence-corrected chi connectivity index (χ4v) is 3.11. The SMILES string of the molecule is CNS(=O)(=O)OCC(O)(CC(Cl)(Cl)Cl)c1cc(Cl)cc(OC)c1. The Morgan fingerprint density at radius 3 is 2.35 bits per heavy atom. The molecule has 0 saturated heterocycles. The molecule has 1 aromatic rings. The molecule has 0 radical (unpaired) electrons. The van der Waals surface area contributed by atoms with Crippen molar-refractivity contribution in [1.82, 2.24) is 4.72 Å². The highest BCUT2D eigenvalue weighted by Gasteiger charge is 2.40. The standard InChI is InChI=1S/C12H15Cl4NO5S/c1-17-23(19,20)22-7-11(18,6-12(14,15)16)8-3-9(13)5-10(4-8)21-2/h3-5,17-18H,6-7H2,1-2H3. The molecule has 0 aromatic heterocycles. The minimum Gasteiger partial charge on any atom is -0.497 e. The minimum atomic E-state index is -4.05. The van der Waals surface area contributed by atoms with E-state index in [2.05, 4.69) is 0 Å². The first-order chi connectivity index (χ1) is 10.4. The largest absolute Gasteiger partial charge is 0.497 e. The van der Waals surface area contributed by atoms with Crippen LogP contribution in [0, 0.1) is 0 Å². The second kappa shape index (κ2) is 7.93. The lowest BCUT2D eigenvalue weighted by Crippen LogP contribution is -2.38. The van der Waals surface area contributed by atoms with Crippen LogP contribution in [0.25, 0.3) is 0 Å². The van der Waals surface area contributed by atoms with Crippen molar-refractivity contribution >= 4 is 56.7 Å². The number of benzene rings is 1. The molecule has 0 bridgehead atoms. The Morgan fingerprint density at radius 1 is 1.26 bits per heavy atom. The van der Waals surface area contributed by atoms with E-state index in [-0.39, 0.29) is 10.6 Å². The molecule has 1 aromatic carbocycles. The van der Waals surface area contributed by atoms with Gasteiger partial charge in [0.2, 0.25) is 0 Å². The van der Waals surface area contributed by atoms with E-state index in [0.29, 0.717) is 5.75 Å². The van der Waals surface area contributed by atoms with Gasteiger partial charge in [-0.2, -0.15) is 13.1 Å². The van der Waals surface area contributed by atoms with Crippen LogP contribution in [0.2, 0.25) is 5.02 Å². The molecular weight excluding hydrogens is 412 g/mol. The Labute approximate surface area is 154 Å². The molecule has 6 nitrogen and oxygen atoms in total. The van der Waals surface area contributed by atoms with Crippen LogP contribution in [0.15, 0.2) is 18.2 Å². The average Bonchev–Trinajstić information content (AvgIpc) is 2.43. The van der Waals surface area contributed by atoms with Gasteiger partial charge in [-0.15, -0.1) is 0 Å². The van der Waals surface area contributed by atoms with Crippen molar-refractivity contribution in [1.29, 1.82) is 0 Å². The Balaban J connectivity index is 3.26. The number of hydrogen-bond donors (Lipinski definition) is 2. The summed E-state index contributed by atoms with van der Waals surface area (Å²) in [7, 11) is -1.48. The zero-order valence-corrected chi connectivity index (χ0v) is 16.0. The molecule has 0 aliphatic heterocycles. The van der Waals surface area contributed by atoms with Gasteiger partial charge in [-0.3, -0.25) is 4.18 Å². The summed E-state index contributed by atoms with van der Waals surface area (Å²) in [4.78, 5) is 0. The molecule has 0 spiro atoms. The van der Waals surface area contributed by atoms with Crippen molar-refractivity contribution in [2.45, 2.75) is 15.8 Å². The molecule has 23 heavy (non-hydrogen) atoms. The molecule has 1 atom stereocenters. The smallest absolute Gasteiger partial charge is 0.335 e. The fourth-order valence-electron chi connectivity index (χ4n) is 1.75. The molecule has 0 heterocycles. The Bertz CT molecular complexity index is 649. The number of aliphatic hydroxyl groups is 1. The van der Waals surface area contributed by atoms with Crippen LogP contribution in [0.1, 0.15) is 12.0 Å². The van der Waals surface area contributed by atoms with Crippen molar-refractivity contribution in [3.63, 3.8) is 0 Å². The molecule has 0 aliphatic carbocycles. The van der Waals surface area contributed by atoms with Crippen LogP contribution >= 0.6 is 46.4 Å². The summed E-state index contributed by atoms with van der Waals surface area (Å²) in [5.41, 5.74) is -1.76. The molecule has 0 saturated carbocycles. The Kier molecular flexibility index (Phi) is 7.26. The van der Waals surface area contributed by atoms with Gasteiger partial charge in [0.1, 0.15) is 18.0 Å². The van der Waals surface area contributed by atoms with E-state index in [9.17, 15) is 13.5 Å². The molecule has 2 N–H and O–H groups in total. The molecular formula is C12H15Cl4NO5S. The number of rotatable bonds is 7. The summed E-state index contributed by atoms with van der Waals surface area (Å²) in [6, 6.07) is 4.35. The number of halogens is 4. The predicted molar refractivity (Wildman–Crippen MR) is 90.7 cm³/mol. The highest BCUT2D eigenvalue weighted by Crippen LogP contribution is 2.41. The van der Waals surface area contributed by atoms with Gasteiger partial charge in [-0.05, 0) is 23.8 Å². The molecule has 0 fully saturated rings. The topological polar surface area (TPSA) is 84.9 Å². The van der Waals surface area contributed by atoms with Crippen LogP contribution in [-0.2, 0) is 20.1 Å². The Hall–Kier alpha value is 0.01000. The van der Waals surface area contributed by atoms with Crippen molar-refractivity contribution in [3.05, 3.63) is 28.8 Å². The van der Waals surface area contributed by atoms with Crippen molar-refractivity contribution < 1.29 is 22.4 Å². The summed E-state index contributed by atoms with van der Waals surface area (Å²) in [5, 5.41) is 11.1. The maximum atomic E-state index is 11.4. The maximum absolute atomic E-state index is 11.4. The third kappa shape index (κ3) is 6.80. The molecule has 0 amide bonds. The first-order valence-corrected chi connectivity index (χ1v) is 9.05. The molecule has 1 unspecified atom stereocenters. The first kappa shape index (κ1) is 21.1. The summed E-state index contributed by atoms with van der Waals surface area (Å²) in [5.74, 6) is 0.340. The van der Waals surface area contributed by atoms with Gasteiger partial charge in [-0.1, -0.05) is 46.4 Å². The number of alkyl halides is 3. The monoisotopic (exact) mass is 425 g/mol. The Morgan fingerprint density at radius 2 is 1.87 bits per heavy atom. The lowest BCUT2D eigenvalue weighted by molar-refractivity contribution is -0.0146. The quantitative estimate of drug-likeness (QED) is 0.654. The van der Waals surface area contributed by atoms with Crippen LogP contribution < -0.4 is 9.46 Å². The first-order valence-electron chi connectivity index (χ1n) is 6.13. The minimum absolute atomic E-state index is 0.180. The molecule has 1 rings (SSSR count). The number of ether oxygens (including phenoxy) is 1. The van der Waals surface area contributed by atoms with Gasteiger partial charge in [-0.25, -0.2) is 0 Å².